The number of anilines is 2. The first-order valence-corrected chi connectivity index (χ1v) is 8.91. The van der Waals surface area contributed by atoms with Crippen molar-refractivity contribution < 1.29 is 9.59 Å². The Kier molecular flexibility index (Phi) is 3.96. The summed E-state index contributed by atoms with van der Waals surface area (Å²) in [5, 5.41) is 0. The molecule has 4 heteroatoms. The Morgan fingerprint density at radius 1 is 0.692 bits per heavy atom. The van der Waals surface area contributed by atoms with Gasteiger partial charge in [-0.3, -0.25) is 9.59 Å². The number of hydrogen-bond donors (Lipinski definition) is 0. The van der Waals surface area contributed by atoms with E-state index in [2.05, 4.69) is 0 Å². The minimum atomic E-state index is -0.0170. The van der Waals surface area contributed by atoms with Crippen molar-refractivity contribution in [1.82, 2.24) is 0 Å². The van der Waals surface area contributed by atoms with Crippen LogP contribution in [0.2, 0.25) is 0 Å². The van der Waals surface area contributed by atoms with Crippen LogP contribution in [0.25, 0.3) is 11.1 Å². The monoisotopic (exact) mass is 344 g/mol. The second kappa shape index (κ2) is 6.30. The summed E-state index contributed by atoms with van der Waals surface area (Å²) in [5.74, 6) is -0.0340. The normalized spacial score (nSPS) is 18.8. The minimum Gasteiger partial charge on any atom is -0.308 e. The molecule has 4 nitrogen and oxygen atoms in total. The van der Waals surface area contributed by atoms with Gasteiger partial charge < -0.3 is 9.80 Å². The molecule has 130 valence electrons. The number of rotatable bonds is 3. The zero-order valence-corrected chi connectivity index (χ0v) is 14.9. The van der Waals surface area contributed by atoms with Crippen LogP contribution in [-0.4, -0.2) is 24.9 Å². The molecule has 0 aliphatic carbocycles. The molecular formula is C22H20N2O2. The lowest BCUT2D eigenvalue weighted by Gasteiger charge is -2.13. The number of benzene rings is 2. The van der Waals surface area contributed by atoms with Gasteiger partial charge in [0, 0.05) is 35.4 Å². The van der Waals surface area contributed by atoms with E-state index in [-0.39, 0.29) is 11.8 Å². The number of nitrogens with zero attached hydrogens (tertiary/aromatic N) is 2. The highest BCUT2D eigenvalue weighted by molar-refractivity contribution is 6.35. The van der Waals surface area contributed by atoms with Crippen LogP contribution in [-0.2, 0) is 9.59 Å². The lowest BCUT2D eigenvalue weighted by Crippen LogP contribution is -2.26. The fourth-order valence-corrected chi connectivity index (χ4v) is 3.73. The van der Waals surface area contributed by atoms with Crippen LogP contribution in [0.15, 0.2) is 60.7 Å². The van der Waals surface area contributed by atoms with Crippen LogP contribution in [0.5, 0.6) is 0 Å². The topological polar surface area (TPSA) is 40.6 Å². The molecule has 0 bridgehead atoms. The number of para-hydroxylation sites is 2. The molecule has 26 heavy (non-hydrogen) atoms. The van der Waals surface area contributed by atoms with Crippen molar-refractivity contribution in [1.29, 1.82) is 0 Å². The molecule has 2 aromatic carbocycles. The number of carbonyl (C=O) groups excluding carboxylic acids is 2. The van der Waals surface area contributed by atoms with Crippen molar-refractivity contribution in [3.05, 3.63) is 71.8 Å². The first kappa shape index (κ1) is 16.3. The zero-order chi connectivity index (χ0) is 18.3. The number of amides is 2. The molecule has 0 N–H and O–H groups in total. The van der Waals surface area contributed by atoms with E-state index in [0.29, 0.717) is 24.2 Å². The molecule has 2 aliphatic heterocycles. The Labute approximate surface area is 153 Å². The van der Waals surface area contributed by atoms with E-state index in [4.69, 9.17) is 0 Å². The summed E-state index contributed by atoms with van der Waals surface area (Å²) in [6.45, 7) is 5.17. The van der Waals surface area contributed by atoms with E-state index in [1.807, 2.05) is 62.4 Å². The number of allylic oxidation sites excluding steroid dienone is 2. The lowest BCUT2D eigenvalue weighted by molar-refractivity contribution is -0.113. The van der Waals surface area contributed by atoms with Crippen LogP contribution in [0.4, 0.5) is 11.4 Å². The van der Waals surface area contributed by atoms with E-state index < -0.39 is 0 Å². The molecule has 0 saturated heterocycles. The molecule has 0 saturated carbocycles. The van der Waals surface area contributed by atoms with Crippen molar-refractivity contribution in [2.45, 2.75) is 13.8 Å². The molecule has 2 amide bonds. The molecule has 0 atom stereocenters. The Balaban J connectivity index is 1.81. The molecule has 2 aliphatic rings. The van der Waals surface area contributed by atoms with Gasteiger partial charge in [-0.2, -0.15) is 0 Å². The third-order valence-electron chi connectivity index (χ3n) is 4.97. The molecule has 4 rings (SSSR count). The average molecular weight is 344 g/mol. The molecule has 0 aromatic heterocycles. The maximum absolute atomic E-state index is 12.8. The average Bonchev–Trinajstić information content (AvgIpc) is 3.10. The molecule has 0 unspecified atom stereocenters. The lowest BCUT2D eigenvalue weighted by atomic mass is 10.0. The fourth-order valence-electron chi connectivity index (χ4n) is 3.73. The molecule has 2 heterocycles. The van der Waals surface area contributed by atoms with Gasteiger partial charge in [0.15, 0.2) is 0 Å². The van der Waals surface area contributed by atoms with Crippen molar-refractivity contribution in [3.8, 4) is 0 Å². The first-order valence-electron chi connectivity index (χ1n) is 8.91. The SMILES string of the molecule is CCN1C(=O)/C(=C\C=C2/C(=O)N(CC)c3ccccc32)c2ccccc21. The van der Waals surface area contributed by atoms with Crippen LogP contribution < -0.4 is 9.80 Å². The van der Waals surface area contributed by atoms with Gasteiger partial charge in [-0.1, -0.05) is 36.4 Å². The number of carbonyl (C=O) groups is 2. The summed E-state index contributed by atoms with van der Waals surface area (Å²) in [5.41, 5.74) is 4.96. The highest BCUT2D eigenvalue weighted by Crippen LogP contribution is 2.39. The standard InChI is InChI=1S/C22H20N2O2/c1-3-23-19-11-7-5-9-15(19)17(21(23)25)13-14-18-16-10-6-8-12-20(16)24(4-2)22(18)26/h5-14H,3-4H2,1-2H3/b17-13-,18-14-. The summed E-state index contributed by atoms with van der Waals surface area (Å²) in [4.78, 5) is 29.1. The largest absolute Gasteiger partial charge is 0.308 e. The molecule has 0 radical (unpaired) electrons. The van der Waals surface area contributed by atoms with Gasteiger partial charge in [0.2, 0.25) is 0 Å². The molecular weight excluding hydrogens is 324 g/mol. The van der Waals surface area contributed by atoms with E-state index in [9.17, 15) is 9.59 Å². The predicted octanol–water partition coefficient (Wildman–Crippen LogP) is 3.89. The van der Waals surface area contributed by atoms with Crippen molar-refractivity contribution >= 4 is 34.3 Å². The number of fused-ring (bicyclic) bond motifs is 2. The quantitative estimate of drug-likeness (QED) is 0.793. The second-order valence-corrected chi connectivity index (χ2v) is 6.29. The molecule has 0 spiro atoms. The fraction of sp³-hybridized carbons (Fsp3) is 0.182. The number of hydrogen-bond acceptors (Lipinski definition) is 2. The predicted molar refractivity (Wildman–Crippen MR) is 105 cm³/mol. The van der Waals surface area contributed by atoms with Gasteiger partial charge in [-0.25, -0.2) is 0 Å². The van der Waals surface area contributed by atoms with E-state index in [0.717, 1.165) is 22.5 Å². The van der Waals surface area contributed by atoms with Crippen molar-refractivity contribution in [2.75, 3.05) is 22.9 Å². The van der Waals surface area contributed by atoms with E-state index >= 15 is 0 Å². The summed E-state index contributed by atoms with van der Waals surface area (Å²) in [7, 11) is 0. The Hall–Kier alpha value is -3.14. The van der Waals surface area contributed by atoms with E-state index in [1.165, 1.54) is 0 Å². The maximum Gasteiger partial charge on any atom is 0.258 e. The summed E-state index contributed by atoms with van der Waals surface area (Å²) < 4.78 is 0. The summed E-state index contributed by atoms with van der Waals surface area (Å²) in [6, 6.07) is 15.6. The zero-order valence-electron chi connectivity index (χ0n) is 14.9. The smallest absolute Gasteiger partial charge is 0.258 e. The third-order valence-corrected chi connectivity index (χ3v) is 4.97. The molecule has 2 aromatic rings. The summed E-state index contributed by atoms with van der Waals surface area (Å²) in [6.07, 6.45) is 3.58. The van der Waals surface area contributed by atoms with Gasteiger partial charge in [0.25, 0.3) is 11.8 Å². The first-order chi connectivity index (χ1) is 12.7. The number of likely N-dealkylation sites (N-methyl/N-ethyl adjacent to an activating group) is 2. The minimum absolute atomic E-state index is 0.0170. The van der Waals surface area contributed by atoms with Crippen LogP contribution in [0.1, 0.15) is 25.0 Å². The van der Waals surface area contributed by atoms with Gasteiger partial charge >= 0.3 is 0 Å². The molecule has 0 fully saturated rings. The Morgan fingerprint density at radius 3 is 1.46 bits per heavy atom. The van der Waals surface area contributed by atoms with E-state index in [1.54, 1.807) is 22.0 Å². The van der Waals surface area contributed by atoms with Crippen LogP contribution in [0.3, 0.4) is 0 Å². The van der Waals surface area contributed by atoms with Crippen molar-refractivity contribution in [3.63, 3.8) is 0 Å². The van der Waals surface area contributed by atoms with Gasteiger partial charge in [0.1, 0.15) is 0 Å². The second-order valence-electron chi connectivity index (χ2n) is 6.29. The van der Waals surface area contributed by atoms with Crippen LogP contribution in [0, 0.1) is 0 Å². The van der Waals surface area contributed by atoms with Gasteiger partial charge in [-0.15, -0.1) is 0 Å². The Bertz CT molecular complexity index is 892. The van der Waals surface area contributed by atoms with Gasteiger partial charge in [0.05, 0.1) is 11.4 Å². The van der Waals surface area contributed by atoms with Crippen LogP contribution >= 0.6 is 0 Å². The third kappa shape index (κ3) is 2.30. The Morgan fingerprint density at radius 2 is 1.08 bits per heavy atom. The highest BCUT2D eigenvalue weighted by atomic mass is 16.2. The van der Waals surface area contributed by atoms with Crippen molar-refractivity contribution in [2.24, 2.45) is 0 Å². The maximum atomic E-state index is 12.8. The summed E-state index contributed by atoms with van der Waals surface area (Å²) >= 11 is 0. The highest BCUT2D eigenvalue weighted by Gasteiger charge is 2.32. The van der Waals surface area contributed by atoms with Gasteiger partial charge in [-0.05, 0) is 38.1 Å².